The maximum Gasteiger partial charge on any atom is 0.310 e. The molecule has 0 aliphatic heterocycles. The summed E-state index contributed by atoms with van der Waals surface area (Å²) in [6.07, 6.45) is 3.43. The van der Waals surface area contributed by atoms with Crippen LogP contribution in [0.1, 0.15) is 11.7 Å². The predicted molar refractivity (Wildman–Crippen MR) is 68.6 cm³/mol. The third kappa shape index (κ3) is 2.15. The van der Waals surface area contributed by atoms with Gasteiger partial charge in [0.05, 0.1) is 4.92 Å². The van der Waals surface area contributed by atoms with Gasteiger partial charge in [0.2, 0.25) is 0 Å². The summed E-state index contributed by atoms with van der Waals surface area (Å²) >= 11 is 0. The second-order valence-electron chi connectivity index (χ2n) is 3.96. The first-order valence-electron chi connectivity index (χ1n) is 5.49. The van der Waals surface area contributed by atoms with Crippen molar-refractivity contribution in [2.24, 2.45) is 0 Å². The minimum atomic E-state index is -0.996. The van der Waals surface area contributed by atoms with Crippen LogP contribution in [0.25, 0.3) is 11.4 Å². The van der Waals surface area contributed by atoms with E-state index in [0.717, 1.165) is 11.1 Å². The van der Waals surface area contributed by atoms with Crippen molar-refractivity contribution in [1.82, 2.24) is 9.55 Å². The van der Waals surface area contributed by atoms with E-state index in [1.807, 2.05) is 31.2 Å². The smallest absolute Gasteiger partial charge is 0.264 e. The molecule has 0 aliphatic carbocycles. The van der Waals surface area contributed by atoms with Crippen molar-refractivity contribution in [3.8, 4) is 11.4 Å². The fourth-order valence-corrected chi connectivity index (χ4v) is 1.75. The molecule has 0 fully saturated rings. The maximum absolute atomic E-state index is 11.0. The zero-order chi connectivity index (χ0) is 13.1. The van der Waals surface area contributed by atoms with Crippen LogP contribution in [0, 0.1) is 17.0 Å². The van der Waals surface area contributed by atoms with E-state index in [1.54, 1.807) is 12.4 Å². The summed E-state index contributed by atoms with van der Waals surface area (Å²) in [6, 6.07) is 7.69. The first-order chi connectivity index (χ1) is 8.63. The van der Waals surface area contributed by atoms with Crippen LogP contribution in [0.15, 0.2) is 49.3 Å². The number of imidazole rings is 1. The van der Waals surface area contributed by atoms with Gasteiger partial charge < -0.3 is 0 Å². The maximum atomic E-state index is 11.0. The highest BCUT2D eigenvalue weighted by molar-refractivity contribution is 5.56. The fraction of sp³-hybridized carbons (Fsp3) is 0.154. The van der Waals surface area contributed by atoms with E-state index in [1.165, 1.54) is 10.6 Å². The van der Waals surface area contributed by atoms with E-state index in [9.17, 15) is 10.1 Å². The average Bonchev–Trinajstić information content (AvgIpc) is 2.79. The van der Waals surface area contributed by atoms with E-state index in [2.05, 4.69) is 11.6 Å². The van der Waals surface area contributed by atoms with Crippen LogP contribution in [0.4, 0.5) is 0 Å². The molecule has 5 nitrogen and oxygen atoms in total. The standard InChI is InChI=1S/C13H13N3O2/c1-3-12(16(17)18)15-9-8-14-13(15)11-6-4-10(2)5-7-11/h3-9,12H,1H2,2H3. The van der Waals surface area contributed by atoms with Crippen molar-refractivity contribution < 1.29 is 4.92 Å². The molecule has 0 amide bonds. The van der Waals surface area contributed by atoms with Crippen molar-refractivity contribution in [2.45, 2.75) is 13.1 Å². The monoisotopic (exact) mass is 243 g/mol. The molecule has 2 aromatic rings. The van der Waals surface area contributed by atoms with Gasteiger partial charge in [0.25, 0.3) is 0 Å². The number of benzene rings is 1. The molecular formula is C13H13N3O2. The Bertz CT molecular complexity index is 572. The Kier molecular flexibility index (Phi) is 3.23. The van der Waals surface area contributed by atoms with Gasteiger partial charge in [-0.1, -0.05) is 36.4 Å². The SMILES string of the molecule is C=CC(n1ccnc1-c1ccc(C)cc1)[N+](=O)[O-]. The minimum Gasteiger partial charge on any atom is -0.264 e. The molecule has 0 aliphatic rings. The highest BCUT2D eigenvalue weighted by atomic mass is 16.6. The van der Waals surface area contributed by atoms with Crippen LogP contribution in [0.3, 0.4) is 0 Å². The van der Waals surface area contributed by atoms with Gasteiger partial charge in [-0.25, -0.2) is 4.98 Å². The third-order valence-corrected chi connectivity index (χ3v) is 2.69. The Morgan fingerprint density at radius 3 is 2.67 bits per heavy atom. The molecule has 0 radical (unpaired) electrons. The Labute approximate surface area is 105 Å². The Balaban J connectivity index is 2.47. The number of rotatable bonds is 4. The molecule has 0 saturated heterocycles. The van der Waals surface area contributed by atoms with Crippen LogP contribution in [-0.2, 0) is 0 Å². The number of nitrogens with zero attached hydrogens (tertiary/aromatic N) is 3. The Morgan fingerprint density at radius 1 is 1.44 bits per heavy atom. The summed E-state index contributed by atoms with van der Waals surface area (Å²) in [5.74, 6) is 0.566. The van der Waals surface area contributed by atoms with Crippen molar-refractivity contribution in [3.05, 3.63) is 65.0 Å². The second kappa shape index (κ2) is 4.83. The average molecular weight is 243 g/mol. The quantitative estimate of drug-likeness (QED) is 0.471. The first-order valence-corrected chi connectivity index (χ1v) is 5.49. The molecule has 1 unspecified atom stereocenters. The largest absolute Gasteiger partial charge is 0.310 e. The number of hydrogen-bond donors (Lipinski definition) is 0. The van der Waals surface area contributed by atoms with Gasteiger partial charge in [0.1, 0.15) is 5.82 Å². The normalized spacial score (nSPS) is 12.1. The highest BCUT2D eigenvalue weighted by Crippen LogP contribution is 2.22. The molecular weight excluding hydrogens is 230 g/mol. The van der Waals surface area contributed by atoms with Gasteiger partial charge >= 0.3 is 6.17 Å². The summed E-state index contributed by atoms with van der Waals surface area (Å²) in [5.41, 5.74) is 1.98. The van der Waals surface area contributed by atoms with Gasteiger partial charge in [0, 0.05) is 24.0 Å². The lowest BCUT2D eigenvalue weighted by Gasteiger charge is -2.10. The van der Waals surface area contributed by atoms with E-state index in [0.29, 0.717) is 5.82 Å². The summed E-state index contributed by atoms with van der Waals surface area (Å²) in [4.78, 5) is 14.7. The zero-order valence-corrected chi connectivity index (χ0v) is 9.98. The fourth-order valence-electron chi connectivity index (χ4n) is 1.75. The number of aromatic nitrogens is 2. The van der Waals surface area contributed by atoms with Gasteiger partial charge in [-0.2, -0.15) is 0 Å². The number of nitro groups is 1. The molecule has 1 aromatic heterocycles. The van der Waals surface area contributed by atoms with Crippen LogP contribution in [0.2, 0.25) is 0 Å². The molecule has 0 bridgehead atoms. The van der Waals surface area contributed by atoms with E-state index in [4.69, 9.17) is 0 Å². The van der Waals surface area contributed by atoms with E-state index >= 15 is 0 Å². The molecule has 2 rings (SSSR count). The molecule has 1 atom stereocenters. The molecule has 0 spiro atoms. The van der Waals surface area contributed by atoms with Gasteiger partial charge in [-0.15, -0.1) is 0 Å². The minimum absolute atomic E-state index is 0.396. The van der Waals surface area contributed by atoms with Crippen LogP contribution in [0.5, 0.6) is 0 Å². The van der Waals surface area contributed by atoms with Gasteiger partial charge in [-0.05, 0) is 6.92 Å². The van der Waals surface area contributed by atoms with Gasteiger partial charge in [-0.3, -0.25) is 14.7 Å². The van der Waals surface area contributed by atoms with Crippen molar-refractivity contribution >= 4 is 0 Å². The van der Waals surface area contributed by atoms with Crippen molar-refractivity contribution in [2.75, 3.05) is 0 Å². The van der Waals surface area contributed by atoms with Crippen molar-refractivity contribution in [3.63, 3.8) is 0 Å². The predicted octanol–water partition coefficient (Wildman–Crippen LogP) is 2.82. The molecule has 0 N–H and O–H groups in total. The van der Waals surface area contributed by atoms with Crippen molar-refractivity contribution in [1.29, 1.82) is 0 Å². The second-order valence-corrected chi connectivity index (χ2v) is 3.96. The lowest BCUT2D eigenvalue weighted by Crippen LogP contribution is -2.16. The Morgan fingerprint density at radius 2 is 2.11 bits per heavy atom. The highest BCUT2D eigenvalue weighted by Gasteiger charge is 2.21. The lowest BCUT2D eigenvalue weighted by molar-refractivity contribution is -0.533. The summed E-state index contributed by atoms with van der Waals surface area (Å²) in [5, 5.41) is 11.0. The topological polar surface area (TPSA) is 61.0 Å². The summed E-state index contributed by atoms with van der Waals surface area (Å²) in [6.45, 7) is 5.48. The molecule has 5 heteroatoms. The zero-order valence-electron chi connectivity index (χ0n) is 9.98. The molecule has 1 heterocycles. The van der Waals surface area contributed by atoms with Crippen LogP contribution in [-0.4, -0.2) is 14.5 Å². The molecule has 1 aromatic carbocycles. The van der Waals surface area contributed by atoms with E-state index in [-0.39, 0.29) is 0 Å². The molecule has 18 heavy (non-hydrogen) atoms. The summed E-state index contributed by atoms with van der Waals surface area (Å²) < 4.78 is 1.50. The first kappa shape index (κ1) is 12.0. The lowest BCUT2D eigenvalue weighted by atomic mass is 10.1. The van der Waals surface area contributed by atoms with Crippen LogP contribution < -0.4 is 0 Å². The molecule has 0 saturated carbocycles. The third-order valence-electron chi connectivity index (χ3n) is 2.69. The molecule has 92 valence electrons. The van der Waals surface area contributed by atoms with Gasteiger partial charge in [0.15, 0.2) is 0 Å². The van der Waals surface area contributed by atoms with E-state index < -0.39 is 11.1 Å². The van der Waals surface area contributed by atoms with Crippen LogP contribution >= 0.6 is 0 Å². The number of aryl methyl sites for hydroxylation is 1. The Hall–Kier alpha value is -2.43. The number of hydrogen-bond acceptors (Lipinski definition) is 3. The summed E-state index contributed by atoms with van der Waals surface area (Å²) in [7, 11) is 0.